The molecule has 1 unspecified atom stereocenters. The monoisotopic (exact) mass is 572 g/mol. The molecule has 1 amide bonds. The highest BCUT2D eigenvalue weighted by atomic mass is 32.1. The van der Waals surface area contributed by atoms with Crippen LogP contribution in [0.25, 0.3) is 0 Å². The lowest BCUT2D eigenvalue weighted by molar-refractivity contribution is 0.102. The van der Waals surface area contributed by atoms with Gasteiger partial charge in [-0.3, -0.25) is 4.79 Å². The molecule has 11 heteroatoms. The summed E-state index contributed by atoms with van der Waals surface area (Å²) in [6.45, 7) is 0. The van der Waals surface area contributed by atoms with Gasteiger partial charge in [-0.1, -0.05) is 0 Å². The summed E-state index contributed by atoms with van der Waals surface area (Å²) in [6.07, 6.45) is 2.63. The zero-order valence-corrected chi connectivity index (χ0v) is 24.7. The molecule has 1 aliphatic rings. The number of thiophene rings is 1. The molecule has 0 radical (unpaired) electrons. The molecule has 1 heterocycles. The lowest BCUT2D eigenvalue weighted by Gasteiger charge is -2.27. The molecule has 0 aliphatic heterocycles. The van der Waals surface area contributed by atoms with Crippen LogP contribution >= 0.6 is 11.3 Å². The fourth-order valence-corrected chi connectivity index (χ4v) is 6.33. The van der Waals surface area contributed by atoms with Crippen molar-refractivity contribution >= 4 is 27.9 Å². The fourth-order valence-electron chi connectivity index (χ4n) is 4.97. The van der Waals surface area contributed by atoms with Gasteiger partial charge >= 0.3 is 0 Å². The Bertz CT molecular complexity index is 1320. The summed E-state index contributed by atoms with van der Waals surface area (Å²) < 4.78 is 32.7. The van der Waals surface area contributed by atoms with Crippen molar-refractivity contribution in [3.05, 3.63) is 45.8 Å². The molecule has 2 N–H and O–H groups in total. The molecule has 4 rings (SSSR count). The number of carbonyl (C=O) groups is 1. The van der Waals surface area contributed by atoms with Crippen molar-refractivity contribution in [1.29, 1.82) is 0 Å². The highest BCUT2D eigenvalue weighted by Crippen LogP contribution is 2.45. The number of nitrogens with one attached hydrogen (secondary N) is 1. The molecular formula is C29H36N2O8S. The third kappa shape index (κ3) is 5.44. The van der Waals surface area contributed by atoms with Gasteiger partial charge < -0.3 is 43.7 Å². The van der Waals surface area contributed by atoms with E-state index in [4.69, 9.17) is 28.4 Å². The summed E-state index contributed by atoms with van der Waals surface area (Å²) in [5.74, 6) is 2.29. The molecule has 1 atom stereocenters. The van der Waals surface area contributed by atoms with Crippen molar-refractivity contribution in [2.45, 2.75) is 31.9 Å². The Morgan fingerprint density at radius 2 is 1.32 bits per heavy atom. The van der Waals surface area contributed by atoms with Crippen molar-refractivity contribution in [1.82, 2.24) is 0 Å². The van der Waals surface area contributed by atoms with E-state index in [1.807, 2.05) is 0 Å². The molecule has 0 fully saturated rings. The Morgan fingerprint density at radius 3 is 1.82 bits per heavy atom. The van der Waals surface area contributed by atoms with Crippen molar-refractivity contribution in [3.63, 3.8) is 0 Å². The van der Waals surface area contributed by atoms with Gasteiger partial charge in [-0.2, -0.15) is 0 Å². The molecule has 0 saturated carbocycles. The molecule has 1 aromatic heterocycles. The Balaban J connectivity index is 1.74. The van der Waals surface area contributed by atoms with Crippen LogP contribution in [0.5, 0.6) is 34.5 Å². The van der Waals surface area contributed by atoms with Crippen LogP contribution in [0.4, 0.5) is 10.7 Å². The average molecular weight is 573 g/mol. The second-order valence-corrected chi connectivity index (χ2v) is 10.3. The number of anilines is 2. The van der Waals surface area contributed by atoms with E-state index in [1.54, 1.807) is 36.2 Å². The number of nitrogens with zero attached hydrogens (tertiary/aromatic N) is 1. The molecule has 216 valence electrons. The number of hydrogen-bond donors (Lipinski definition) is 2. The van der Waals surface area contributed by atoms with Gasteiger partial charge in [0.1, 0.15) is 5.00 Å². The number of aliphatic hydroxyl groups is 1. The van der Waals surface area contributed by atoms with Gasteiger partial charge in [-0.05, 0) is 43.4 Å². The summed E-state index contributed by atoms with van der Waals surface area (Å²) in [4.78, 5) is 16.7. The first-order valence-electron chi connectivity index (χ1n) is 12.8. The number of rotatable bonds is 11. The number of methoxy groups -OCH3 is 6. The first-order valence-corrected chi connectivity index (χ1v) is 13.6. The fraction of sp³-hybridized carbons (Fsp3) is 0.414. The summed E-state index contributed by atoms with van der Waals surface area (Å²) in [5, 5.41) is 15.2. The number of benzene rings is 2. The Morgan fingerprint density at radius 1 is 0.825 bits per heavy atom. The molecule has 0 saturated heterocycles. The van der Waals surface area contributed by atoms with E-state index >= 15 is 0 Å². The van der Waals surface area contributed by atoms with Crippen molar-refractivity contribution in [2.75, 3.05) is 59.9 Å². The van der Waals surface area contributed by atoms with Gasteiger partial charge in [0, 0.05) is 35.3 Å². The quantitative estimate of drug-likeness (QED) is 0.305. The topological polar surface area (TPSA) is 108 Å². The molecular weight excluding hydrogens is 536 g/mol. The molecule has 10 nitrogen and oxygen atoms in total. The number of carbonyl (C=O) groups excluding carboxylic acids is 1. The summed E-state index contributed by atoms with van der Waals surface area (Å²) in [6, 6.07) is 6.77. The largest absolute Gasteiger partial charge is 0.493 e. The number of fused-ring (bicyclic) bond motifs is 1. The smallest absolute Gasteiger partial charge is 0.258 e. The Labute approximate surface area is 238 Å². The third-order valence-electron chi connectivity index (χ3n) is 6.97. The van der Waals surface area contributed by atoms with E-state index in [0.717, 1.165) is 36.1 Å². The van der Waals surface area contributed by atoms with Crippen LogP contribution in [-0.4, -0.2) is 60.7 Å². The summed E-state index contributed by atoms with van der Waals surface area (Å²) >= 11 is 1.53. The molecule has 3 aromatic rings. The van der Waals surface area contributed by atoms with Crippen molar-refractivity contribution < 1.29 is 38.3 Å². The average Bonchev–Trinajstić information content (AvgIpc) is 3.38. The second-order valence-electron chi connectivity index (χ2n) is 9.20. The minimum atomic E-state index is -1.10. The van der Waals surface area contributed by atoms with Crippen LogP contribution in [0.15, 0.2) is 24.3 Å². The number of hydrogen-bond acceptors (Lipinski definition) is 10. The van der Waals surface area contributed by atoms with Gasteiger partial charge in [0.15, 0.2) is 29.2 Å². The van der Waals surface area contributed by atoms with E-state index in [-0.39, 0.29) is 5.91 Å². The normalized spacial score (nSPS) is 13.1. The van der Waals surface area contributed by atoms with Crippen LogP contribution in [-0.2, 0) is 12.8 Å². The molecule has 0 bridgehead atoms. The van der Waals surface area contributed by atoms with Gasteiger partial charge in [-0.25, -0.2) is 0 Å². The Kier molecular flexibility index (Phi) is 9.16. The van der Waals surface area contributed by atoms with E-state index in [0.29, 0.717) is 56.3 Å². The van der Waals surface area contributed by atoms with Gasteiger partial charge in [0.05, 0.1) is 48.2 Å². The van der Waals surface area contributed by atoms with Crippen LogP contribution in [0, 0.1) is 0 Å². The number of aryl methyl sites for hydroxylation is 1. The molecule has 1 aliphatic carbocycles. The third-order valence-corrected chi connectivity index (χ3v) is 8.36. The highest BCUT2D eigenvalue weighted by molar-refractivity contribution is 7.16. The van der Waals surface area contributed by atoms with Crippen LogP contribution in [0.2, 0.25) is 0 Å². The van der Waals surface area contributed by atoms with Crippen molar-refractivity contribution in [2.24, 2.45) is 0 Å². The summed E-state index contributed by atoms with van der Waals surface area (Å²) in [5.41, 5.74) is 2.58. The molecule has 40 heavy (non-hydrogen) atoms. The highest BCUT2D eigenvalue weighted by Gasteiger charge is 2.31. The van der Waals surface area contributed by atoms with E-state index in [2.05, 4.69) is 5.32 Å². The summed E-state index contributed by atoms with van der Waals surface area (Å²) in [7, 11) is 10.9. The molecule has 0 spiro atoms. The maximum absolute atomic E-state index is 13.9. The molecule has 2 aromatic carbocycles. The predicted octanol–water partition coefficient (Wildman–Crippen LogP) is 5.06. The minimum absolute atomic E-state index is 0.285. The van der Waals surface area contributed by atoms with Crippen molar-refractivity contribution in [3.8, 4) is 34.5 Å². The number of aliphatic hydroxyl groups excluding tert-OH is 1. The van der Waals surface area contributed by atoms with Crippen LogP contribution in [0.1, 0.15) is 45.4 Å². The lowest BCUT2D eigenvalue weighted by atomic mass is 9.95. The van der Waals surface area contributed by atoms with E-state index in [9.17, 15) is 9.90 Å². The van der Waals surface area contributed by atoms with Crippen LogP contribution in [0.3, 0.4) is 0 Å². The number of amides is 1. The first kappa shape index (κ1) is 29.2. The second kappa shape index (κ2) is 12.6. The first-order chi connectivity index (χ1) is 19.3. The van der Waals surface area contributed by atoms with Crippen LogP contribution < -0.4 is 38.6 Å². The minimum Gasteiger partial charge on any atom is -0.493 e. The zero-order valence-electron chi connectivity index (χ0n) is 23.9. The number of ether oxygens (including phenoxy) is 6. The SMILES string of the molecule is COc1cc(NC(=O)c2c(N(C)C(O)c3cc(OC)c(OC)c(OC)c3)sc3c2CCCC3)cc(OC)c1OC. The Hall–Kier alpha value is -3.83. The van der Waals surface area contributed by atoms with E-state index in [1.165, 1.54) is 54.0 Å². The van der Waals surface area contributed by atoms with Gasteiger partial charge in [0.25, 0.3) is 5.91 Å². The zero-order chi connectivity index (χ0) is 29.0. The standard InChI is InChI=1S/C29H36N2O8S/c1-31(28(33)16-12-19(34-2)25(38-6)20(13-16)35-3)29-24(18-10-8-9-11-23(18)40-29)27(32)30-17-14-21(36-4)26(39-7)22(15-17)37-5/h12-15,28,33H,8-11H2,1-7H3,(H,30,32). The lowest BCUT2D eigenvalue weighted by Crippen LogP contribution is -2.26. The van der Waals surface area contributed by atoms with E-state index < -0.39 is 6.23 Å². The predicted molar refractivity (Wildman–Crippen MR) is 154 cm³/mol. The maximum Gasteiger partial charge on any atom is 0.258 e. The van der Waals surface area contributed by atoms with Gasteiger partial charge in [0.2, 0.25) is 11.5 Å². The maximum atomic E-state index is 13.9. The van der Waals surface area contributed by atoms with Gasteiger partial charge in [-0.15, -0.1) is 11.3 Å².